The van der Waals surface area contributed by atoms with Gasteiger partial charge < -0.3 is 10.8 Å². The largest absolute Gasteiger partial charge is 0.493 e. The first-order valence-corrected chi connectivity index (χ1v) is 8.49. The number of nitrogens with two attached hydrogens (primary N) is 1. The predicted octanol–water partition coefficient (Wildman–Crippen LogP) is 1.57. The number of rotatable bonds is 3. The summed E-state index contributed by atoms with van der Waals surface area (Å²) in [6, 6.07) is 6.36. The number of aromatic amines is 1. The van der Waals surface area contributed by atoms with E-state index < -0.39 is 17.1 Å². The molecule has 4 N–H and O–H groups in total. The number of hydrogen-bond acceptors (Lipinski definition) is 5. The van der Waals surface area contributed by atoms with E-state index in [-0.39, 0.29) is 28.4 Å². The Bertz CT molecular complexity index is 919. The van der Waals surface area contributed by atoms with Gasteiger partial charge in [0.25, 0.3) is 5.56 Å². The smallest absolute Gasteiger partial charge is 0.335 e. The zero-order chi connectivity index (χ0) is 18.0. The van der Waals surface area contributed by atoms with Gasteiger partial charge in [0, 0.05) is 12.3 Å². The van der Waals surface area contributed by atoms with Gasteiger partial charge >= 0.3 is 5.69 Å². The van der Waals surface area contributed by atoms with Crippen molar-refractivity contribution < 1.29 is 5.11 Å². The van der Waals surface area contributed by atoms with Gasteiger partial charge in [0.1, 0.15) is 5.56 Å². The Morgan fingerprint density at radius 3 is 2.72 bits per heavy atom. The van der Waals surface area contributed by atoms with Crippen LogP contribution in [0.5, 0.6) is 5.88 Å². The van der Waals surface area contributed by atoms with Crippen molar-refractivity contribution in [2.45, 2.75) is 37.8 Å². The third kappa shape index (κ3) is 3.52. The zero-order valence-corrected chi connectivity index (χ0v) is 14.2. The second-order valence-corrected chi connectivity index (χ2v) is 6.48. The third-order valence-electron chi connectivity index (χ3n) is 4.39. The van der Waals surface area contributed by atoms with Crippen molar-refractivity contribution in [1.82, 2.24) is 9.55 Å². The number of benzene rings is 1. The fraction of sp³-hybridized carbons (Fsp3) is 0.353. The number of aromatic nitrogens is 2. The highest BCUT2D eigenvalue weighted by molar-refractivity contribution is 6.32. The Morgan fingerprint density at radius 2 is 2.00 bits per heavy atom. The Labute approximate surface area is 148 Å². The van der Waals surface area contributed by atoms with Crippen molar-refractivity contribution in [1.29, 1.82) is 0 Å². The van der Waals surface area contributed by atoms with Crippen LogP contribution in [0.1, 0.15) is 31.2 Å². The third-order valence-corrected chi connectivity index (χ3v) is 4.71. The molecule has 2 atom stereocenters. The molecule has 0 amide bonds. The van der Waals surface area contributed by atoms with Crippen LogP contribution in [0.15, 0.2) is 38.8 Å². The lowest BCUT2D eigenvalue weighted by Crippen LogP contribution is -2.36. The summed E-state index contributed by atoms with van der Waals surface area (Å²) >= 11 is 6.10. The Hall–Kier alpha value is -2.38. The molecule has 1 aliphatic carbocycles. The van der Waals surface area contributed by atoms with Crippen LogP contribution in [-0.4, -0.2) is 33.0 Å². The molecule has 8 heteroatoms. The van der Waals surface area contributed by atoms with Gasteiger partial charge in [-0.05, 0) is 25.0 Å². The maximum atomic E-state index is 12.1. The molecule has 7 nitrogen and oxygen atoms in total. The van der Waals surface area contributed by atoms with E-state index in [4.69, 9.17) is 17.3 Å². The lowest BCUT2D eigenvalue weighted by atomic mass is 9.91. The summed E-state index contributed by atoms with van der Waals surface area (Å²) in [6.45, 7) is 0. The molecular formula is C17H19ClN4O3. The van der Waals surface area contributed by atoms with Crippen molar-refractivity contribution in [3.05, 3.63) is 55.7 Å². The first-order chi connectivity index (χ1) is 12.0. The van der Waals surface area contributed by atoms with Crippen molar-refractivity contribution in [2.75, 3.05) is 0 Å². The summed E-state index contributed by atoms with van der Waals surface area (Å²) in [5.74, 6) is -0.505. The molecule has 1 aromatic heterocycles. The minimum Gasteiger partial charge on any atom is -0.493 e. The van der Waals surface area contributed by atoms with Gasteiger partial charge in [-0.2, -0.15) is 0 Å². The molecule has 1 aliphatic rings. The van der Waals surface area contributed by atoms with E-state index in [1.807, 2.05) is 0 Å². The van der Waals surface area contributed by atoms with E-state index in [0.29, 0.717) is 0 Å². The molecule has 0 saturated heterocycles. The number of halogens is 1. The van der Waals surface area contributed by atoms with E-state index in [9.17, 15) is 14.7 Å². The van der Waals surface area contributed by atoms with Gasteiger partial charge in [-0.25, -0.2) is 9.36 Å². The van der Waals surface area contributed by atoms with Crippen molar-refractivity contribution in [3.8, 4) is 11.6 Å². The highest BCUT2D eigenvalue weighted by atomic mass is 35.5. The Kier molecular flexibility index (Phi) is 5.06. The predicted molar refractivity (Wildman–Crippen MR) is 97.2 cm³/mol. The molecule has 1 aromatic carbocycles. The minimum atomic E-state index is -0.776. The molecule has 132 valence electrons. The fourth-order valence-electron chi connectivity index (χ4n) is 3.01. The topological polar surface area (TPSA) is 113 Å². The molecule has 3 rings (SSSR count). The van der Waals surface area contributed by atoms with Crippen LogP contribution in [0.3, 0.4) is 0 Å². The van der Waals surface area contributed by atoms with E-state index in [1.54, 1.807) is 24.3 Å². The van der Waals surface area contributed by atoms with Crippen LogP contribution < -0.4 is 17.0 Å². The summed E-state index contributed by atoms with van der Waals surface area (Å²) in [5, 5.41) is 10.8. The number of nitrogens with one attached hydrogen (secondary N) is 1. The quantitative estimate of drug-likeness (QED) is 0.719. The normalized spacial score (nSPS) is 20.9. The lowest BCUT2D eigenvalue weighted by Gasteiger charge is -2.24. The molecule has 0 aliphatic heterocycles. The molecule has 25 heavy (non-hydrogen) atoms. The average Bonchev–Trinajstić information content (AvgIpc) is 2.57. The van der Waals surface area contributed by atoms with Crippen LogP contribution in [0.4, 0.5) is 0 Å². The van der Waals surface area contributed by atoms with Crippen LogP contribution in [0.2, 0.25) is 5.02 Å². The highest BCUT2D eigenvalue weighted by Gasteiger charge is 2.21. The fourth-order valence-corrected chi connectivity index (χ4v) is 3.23. The van der Waals surface area contributed by atoms with Crippen molar-refractivity contribution >= 4 is 17.8 Å². The molecule has 2 aromatic rings. The SMILES string of the molecule is N[C@H]1CCCC[C@H]1N=Cc1c(O)n(-c2ccccc2Cl)c(=O)[nH]c1=O. The number of aliphatic imine (C=N–C) groups is 1. The maximum Gasteiger partial charge on any atom is 0.335 e. The van der Waals surface area contributed by atoms with Crippen LogP contribution in [0.25, 0.3) is 5.69 Å². The molecule has 0 bridgehead atoms. The van der Waals surface area contributed by atoms with E-state index in [2.05, 4.69) is 9.98 Å². The summed E-state index contributed by atoms with van der Waals surface area (Å²) in [4.78, 5) is 30.8. The van der Waals surface area contributed by atoms with Gasteiger partial charge in [0.2, 0.25) is 5.88 Å². The highest BCUT2D eigenvalue weighted by Crippen LogP contribution is 2.23. The maximum absolute atomic E-state index is 12.1. The molecule has 1 fully saturated rings. The molecule has 0 spiro atoms. The number of para-hydroxylation sites is 1. The van der Waals surface area contributed by atoms with Crippen LogP contribution in [-0.2, 0) is 0 Å². The lowest BCUT2D eigenvalue weighted by molar-refractivity contribution is 0.387. The van der Waals surface area contributed by atoms with Gasteiger partial charge in [-0.1, -0.05) is 36.6 Å². The second kappa shape index (κ2) is 7.25. The number of hydrogen-bond donors (Lipinski definition) is 3. The standard InChI is InChI=1S/C17H19ClN4O3/c18-11-5-1-4-8-14(11)22-16(24)10(15(23)21-17(22)25)9-20-13-7-3-2-6-12(13)19/h1,4-5,8-9,12-13,24H,2-3,6-7,19H2,(H,21,23,25)/t12-,13+/m0/s1. The van der Waals surface area contributed by atoms with E-state index >= 15 is 0 Å². The molecule has 0 unspecified atom stereocenters. The second-order valence-electron chi connectivity index (χ2n) is 6.08. The number of nitrogens with zero attached hydrogens (tertiary/aromatic N) is 2. The van der Waals surface area contributed by atoms with Crippen molar-refractivity contribution in [3.63, 3.8) is 0 Å². The Balaban J connectivity index is 2.06. The Morgan fingerprint density at radius 1 is 1.28 bits per heavy atom. The summed E-state index contributed by atoms with van der Waals surface area (Å²) in [7, 11) is 0. The van der Waals surface area contributed by atoms with Crippen LogP contribution >= 0.6 is 11.6 Å². The van der Waals surface area contributed by atoms with Gasteiger partial charge in [0.15, 0.2) is 0 Å². The molecular weight excluding hydrogens is 344 g/mol. The van der Waals surface area contributed by atoms with Gasteiger partial charge in [-0.3, -0.25) is 14.8 Å². The molecule has 1 saturated carbocycles. The van der Waals surface area contributed by atoms with E-state index in [1.165, 1.54) is 6.21 Å². The first-order valence-electron chi connectivity index (χ1n) is 8.11. The van der Waals surface area contributed by atoms with Crippen LogP contribution in [0, 0.1) is 0 Å². The number of aromatic hydroxyl groups is 1. The summed E-state index contributed by atoms with van der Waals surface area (Å²) < 4.78 is 0.950. The average molecular weight is 363 g/mol. The monoisotopic (exact) mass is 362 g/mol. The number of H-pyrrole nitrogens is 1. The zero-order valence-electron chi connectivity index (χ0n) is 13.5. The van der Waals surface area contributed by atoms with Gasteiger partial charge in [-0.15, -0.1) is 0 Å². The minimum absolute atomic E-state index is 0.0688. The van der Waals surface area contributed by atoms with Gasteiger partial charge in [0.05, 0.1) is 16.8 Å². The summed E-state index contributed by atoms with van der Waals surface area (Å²) in [5.41, 5.74) is 4.73. The molecule has 1 heterocycles. The van der Waals surface area contributed by atoms with E-state index in [0.717, 1.165) is 30.3 Å². The summed E-state index contributed by atoms with van der Waals surface area (Å²) in [6.07, 6.45) is 5.09. The first kappa shape index (κ1) is 17.4. The van der Waals surface area contributed by atoms with Crippen molar-refractivity contribution in [2.24, 2.45) is 10.7 Å². The molecule has 0 radical (unpaired) electrons.